The zero-order valence-electron chi connectivity index (χ0n) is 14.1. The fourth-order valence-corrected chi connectivity index (χ4v) is 5.39. The quantitative estimate of drug-likeness (QED) is 0.358. The number of phosphoric acid groups is 2. The van der Waals surface area contributed by atoms with Gasteiger partial charge in [-0.3, -0.25) is 4.57 Å². The molecule has 0 saturated carbocycles. The summed E-state index contributed by atoms with van der Waals surface area (Å²) in [5.41, 5.74) is 0.812. The van der Waals surface area contributed by atoms with Gasteiger partial charge in [0, 0.05) is 12.0 Å². The van der Waals surface area contributed by atoms with Crippen molar-refractivity contribution in [2.75, 3.05) is 13.0 Å². The van der Waals surface area contributed by atoms with Gasteiger partial charge in [0.25, 0.3) is 0 Å². The summed E-state index contributed by atoms with van der Waals surface area (Å²) in [4.78, 5) is 43.5. The first-order chi connectivity index (χ1) is 12.8. The van der Waals surface area contributed by atoms with Crippen molar-refractivity contribution in [2.24, 2.45) is 0 Å². The molecule has 0 aromatic carbocycles. The predicted molar refractivity (Wildman–Crippen MR) is 88.8 cm³/mol. The fourth-order valence-electron chi connectivity index (χ4n) is 2.05. The molecule has 2 heterocycles. The SMILES string of the molecule is Cc1ncnc2c(CC(CF)OCP(=O)(O)OP(=O)(O)OP(=O)(O)O)cnn12. The molecule has 0 aliphatic heterocycles. The molecule has 0 aliphatic carbocycles. The van der Waals surface area contributed by atoms with E-state index in [1.807, 2.05) is 0 Å². The minimum absolute atomic E-state index is 0.119. The van der Waals surface area contributed by atoms with Gasteiger partial charge >= 0.3 is 23.2 Å². The number of alkyl halides is 1. The van der Waals surface area contributed by atoms with Gasteiger partial charge in [-0.05, 0) is 6.92 Å². The molecule has 0 amide bonds. The van der Waals surface area contributed by atoms with Crippen LogP contribution in [0.5, 0.6) is 0 Å². The third kappa shape index (κ3) is 6.75. The van der Waals surface area contributed by atoms with Crippen LogP contribution in [0, 0.1) is 6.92 Å². The zero-order chi connectivity index (χ0) is 21.2. The lowest BCUT2D eigenvalue weighted by Gasteiger charge is -2.19. The van der Waals surface area contributed by atoms with E-state index in [1.54, 1.807) is 6.92 Å². The highest BCUT2D eigenvalue weighted by Gasteiger charge is 2.40. The van der Waals surface area contributed by atoms with E-state index in [4.69, 9.17) is 19.4 Å². The molecular formula is C10H16FN4O10P3. The molecule has 3 unspecified atom stereocenters. The predicted octanol–water partition coefficient (Wildman–Crippen LogP) is 0.699. The highest BCUT2D eigenvalue weighted by Crippen LogP contribution is 2.65. The van der Waals surface area contributed by atoms with Crippen LogP contribution in [0.4, 0.5) is 4.39 Å². The van der Waals surface area contributed by atoms with Crippen LogP contribution < -0.4 is 0 Å². The summed E-state index contributed by atoms with van der Waals surface area (Å²) in [5.74, 6) is 0.519. The summed E-state index contributed by atoms with van der Waals surface area (Å²) in [5, 5.41) is 4.02. The molecule has 4 N–H and O–H groups in total. The van der Waals surface area contributed by atoms with Gasteiger partial charge in [0.15, 0.2) is 5.65 Å². The van der Waals surface area contributed by atoms with Crippen LogP contribution in [0.2, 0.25) is 0 Å². The molecule has 0 bridgehead atoms. The van der Waals surface area contributed by atoms with Crippen molar-refractivity contribution >= 4 is 28.9 Å². The van der Waals surface area contributed by atoms with Gasteiger partial charge in [-0.25, -0.2) is 32.3 Å². The average Bonchev–Trinajstić information content (AvgIpc) is 2.92. The molecule has 14 nitrogen and oxygen atoms in total. The Labute approximate surface area is 156 Å². The average molecular weight is 464 g/mol. The molecule has 3 atom stereocenters. The van der Waals surface area contributed by atoms with Gasteiger partial charge in [-0.1, -0.05) is 0 Å². The lowest BCUT2D eigenvalue weighted by molar-refractivity contribution is 0.0560. The monoisotopic (exact) mass is 464 g/mol. The smallest absolute Gasteiger partial charge is 0.363 e. The highest BCUT2D eigenvalue weighted by molar-refractivity contribution is 7.68. The Morgan fingerprint density at radius 2 is 1.86 bits per heavy atom. The number of aryl methyl sites for hydroxylation is 1. The first kappa shape index (κ1) is 23.2. The van der Waals surface area contributed by atoms with Crippen molar-refractivity contribution in [3.05, 3.63) is 23.9 Å². The van der Waals surface area contributed by atoms with Crippen molar-refractivity contribution in [1.29, 1.82) is 0 Å². The number of hydrogen-bond acceptors (Lipinski definition) is 9. The second-order valence-corrected chi connectivity index (χ2v) is 10.1. The van der Waals surface area contributed by atoms with Crippen molar-refractivity contribution < 1.29 is 51.0 Å². The molecule has 0 fully saturated rings. The Kier molecular flexibility index (Phi) is 7.22. The van der Waals surface area contributed by atoms with Crippen LogP contribution in [-0.4, -0.2) is 58.3 Å². The summed E-state index contributed by atoms with van der Waals surface area (Å²) in [7, 11) is -16.1. The summed E-state index contributed by atoms with van der Waals surface area (Å²) in [6.45, 7) is 0.567. The molecule has 0 aliphatic rings. The molecular weight excluding hydrogens is 448 g/mol. The standard InChI is InChI=1S/C10H16FN4O10P3/c1-7-12-5-13-10-8(4-14-15(7)10)2-9(3-11)23-6-26(16,17)24-28(21,22)25-27(18,19)20/h4-5,9H,2-3,6H2,1H3,(H,16,17)(H,21,22)(H2,18,19,20). The second-order valence-electron chi connectivity index (χ2n) is 5.36. The molecule has 2 aromatic heterocycles. The lowest BCUT2D eigenvalue weighted by Crippen LogP contribution is -2.19. The van der Waals surface area contributed by atoms with E-state index in [0.29, 0.717) is 17.0 Å². The molecule has 0 spiro atoms. The van der Waals surface area contributed by atoms with E-state index < -0.39 is 42.4 Å². The van der Waals surface area contributed by atoms with Gasteiger partial charge in [0.05, 0.1) is 12.3 Å². The number of rotatable bonds is 10. The third-order valence-corrected chi connectivity index (χ3v) is 7.08. The first-order valence-electron chi connectivity index (χ1n) is 7.26. The third-order valence-electron chi connectivity index (χ3n) is 3.08. The van der Waals surface area contributed by atoms with Gasteiger partial charge in [-0.15, -0.1) is 0 Å². The van der Waals surface area contributed by atoms with Gasteiger partial charge in [0.2, 0.25) is 0 Å². The van der Waals surface area contributed by atoms with Gasteiger partial charge in [0.1, 0.15) is 25.2 Å². The van der Waals surface area contributed by atoms with Crippen LogP contribution >= 0.6 is 23.2 Å². The van der Waals surface area contributed by atoms with Crippen LogP contribution in [-0.2, 0) is 33.5 Å². The van der Waals surface area contributed by atoms with E-state index in [9.17, 15) is 23.0 Å². The minimum atomic E-state index is -5.58. The Hall–Kier alpha value is -1.11. The maximum atomic E-state index is 13.2. The molecule has 0 radical (unpaired) electrons. The topological polar surface area (TPSA) is 203 Å². The Balaban J connectivity index is 2.02. The zero-order valence-corrected chi connectivity index (χ0v) is 16.8. The Morgan fingerprint density at radius 1 is 1.18 bits per heavy atom. The maximum Gasteiger partial charge on any atom is 0.488 e. The number of halogens is 1. The second kappa shape index (κ2) is 8.72. The summed E-state index contributed by atoms with van der Waals surface area (Å²) < 4.78 is 60.4. The molecule has 2 rings (SSSR count). The number of hydrogen-bond donors (Lipinski definition) is 4. The number of ether oxygens (including phenoxy) is 1. The normalized spacial score (nSPS) is 17.9. The first-order valence-corrected chi connectivity index (χ1v) is 12.1. The molecule has 158 valence electrons. The number of fused-ring (bicyclic) bond motifs is 1. The van der Waals surface area contributed by atoms with Gasteiger partial charge < -0.3 is 24.3 Å². The van der Waals surface area contributed by atoms with Gasteiger partial charge in [-0.2, -0.15) is 9.41 Å². The summed E-state index contributed by atoms with van der Waals surface area (Å²) >= 11 is 0. The maximum absolute atomic E-state index is 13.2. The molecule has 28 heavy (non-hydrogen) atoms. The van der Waals surface area contributed by atoms with Crippen LogP contribution in [0.1, 0.15) is 11.4 Å². The van der Waals surface area contributed by atoms with Crippen molar-refractivity contribution in [2.45, 2.75) is 19.4 Å². The number of nitrogens with zero attached hydrogens (tertiary/aromatic N) is 4. The van der Waals surface area contributed by atoms with E-state index in [0.717, 1.165) is 0 Å². The van der Waals surface area contributed by atoms with Crippen LogP contribution in [0.15, 0.2) is 12.5 Å². The van der Waals surface area contributed by atoms with E-state index in [-0.39, 0.29) is 6.42 Å². The Morgan fingerprint density at radius 3 is 2.46 bits per heavy atom. The largest absolute Gasteiger partial charge is 0.488 e. The van der Waals surface area contributed by atoms with Crippen molar-refractivity contribution in [3.8, 4) is 0 Å². The highest BCUT2D eigenvalue weighted by atomic mass is 31.3. The number of aromatic nitrogens is 4. The lowest BCUT2D eigenvalue weighted by atomic mass is 10.1. The van der Waals surface area contributed by atoms with E-state index >= 15 is 0 Å². The molecule has 0 saturated heterocycles. The fraction of sp³-hybridized carbons (Fsp3) is 0.500. The minimum Gasteiger partial charge on any atom is -0.363 e. The van der Waals surface area contributed by atoms with Crippen molar-refractivity contribution in [3.63, 3.8) is 0 Å². The summed E-state index contributed by atoms with van der Waals surface area (Å²) in [6, 6.07) is 0. The molecule has 18 heteroatoms. The summed E-state index contributed by atoms with van der Waals surface area (Å²) in [6.07, 6.45) is 0.0221. The van der Waals surface area contributed by atoms with Crippen molar-refractivity contribution in [1.82, 2.24) is 19.6 Å². The molecule has 2 aromatic rings. The van der Waals surface area contributed by atoms with E-state index in [2.05, 4.69) is 23.7 Å². The van der Waals surface area contributed by atoms with Crippen LogP contribution in [0.3, 0.4) is 0 Å². The van der Waals surface area contributed by atoms with Crippen LogP contribution in [0.25, 0.3) is 5.65 Å². The Bertz CT molecular complexity index is 980. The van der Waals surface area contributed by atoms with E-state index in [1.165, 1.54) is 17.0 Å².